The molecule has 2 amide bonds. The molecule has 0 radical (unpaired) electrons. The van der Waals surface area contributed by atoms with Gasteiger partial charge in [-0.15, -0.1) is 0 Å². The zero-order valence-corrected chi connectivity index (χ0v) is 21.9. The Labute approximate surface area is 221 Å². The van der Waals surface area contributed by atoms with Crippen molar-refractivity contribution in [3.05, 3.63) is 100 Å². The van der Waals surface area contributed by atoms with E-state index in [2.05, 4.69) is 0 Å². The number of urea groups is 1. The fourth-order valence-corrected chi connectivity index (χ4v) is 4.38. The number of imidazole rings is 1. The molecule has 8 heteroatoms. The fraction of sp³-hybridized carbons (Fsp3) is 0.214. The molecule has 1 N–H and O–H groups in total. The van der Waals surface area contributed by atoms with E-state index < -0.39 is 0 Å². The zero-order chi connectivity index (χ0) is 25.8. The first-order valence-electron chi connectivity index (χ1n) is 11.6. The third-order valence-corrected chi connectivity index (χ3v) is 6.58. The number of aliphatic hydroxyl groups excluding tert-OH is 1. The van der Waals surface area contributed by atoms with E-state index in [1.807, 2.05) is 90.5 Å². The Morgan fingerprint density at radius 1 is 1.00 bits per heavy atom. The molecule has 0 spiro atoms. The number of amides is 2. The smallest absolute Gasteiger partial charge is 0.325 e. The Kier molecular flexibility index (Phi) is 7.99. The minimum atomic E-state index is -0.310. The van der Waals surface area contributed by atoms with Crippen LogP contribution in [0, 0.1) is 0 Å². The van der Waals surface area contributed by atoms with Crippen molar-refractivity contribution in [3.8, 4) is 17.1 Å². The molecule has 186 valence electrons. The molecule has 1 atom stereocenters. The lowest BCUT2D eigenvalue weighted by Crippen LogP contribution is -2.41. The van der Waals surface area contributed by atoms with E-state index >= 15 is 0 Å². The highest BCUT2D eigenvalue weighted by atomic mass is 35.5. The van der Waals surface area contributed by atoms with E-state index in [1.165, 1.54) is 4.90 Å². The van der Waals surface area contributed by atoms with Gasteiger partial charge in [0.1, 0.15) is 5.82 Å². The molecule has 0 saturated heterocycles. The molecule has 0 aliphatic heterocycles. The number of aromatic nitrogens is 2. The van der Waals surface area contributed by atoms with Gasteiger partial charge in [-0.1, -0.05) is 59.6 Å². The average Bonchev–Trinajstić information content (AvgIpc) is 3.30. The summed E-state index contributed by atoms with van der Waals surface area (Å²) in [7, 11) is 3.44. The quantitative estimate of drug-likeness (QED) is 0.296. The highest BCUT2D eigenvalue weighted by molar-refractivity contribution is 6.33. The highest BCUT2D eigenvalue weighted by Gasteiger charge is 2.29. The predicted molar refractivity (Wildman–Crippen MR) is 146 cm³/mol. The van der Waals surface area contributed by atoms with Crippen LogP contribution in [0.5, 0.6) is 0 Å². The number of aliphatic hydroxyl groups is 1. The van der Waals surface area contributed by atoms with E-state index in [1.54, 1.807) is 19.0 Å². The number of nitrogens with zero attached hydrogens (tertiary/aromatic N) is 4. The van der Waals surface area contributed by atoms with Gasteiger partial charge in [-0.05, 0) is 60.9 Å². The molecule has 1 aromatic heterocycles. The van der Waals surface area contributed by atoms with Crippen molar-refractivity contribution < 1.29 is 9.90 Å². The van der Waals surface area contributed by atoms with Gasteiger partial charge in [-0.25, -0.2) is 9.78 Å². The van der Waals surface area contributed by atoms with Crippen LogP contribution in [0.4, 0.5) is 10.6 Å². The Hall–Kier alpha value is -3.32. The van der Waals surface area contributed by atoms with Crippen molar-refractivity contribution in [3.63, 3.8) is 0 Å². The van der Waals surface area contributed by atoms with Gasteiger partial charge in [0.2, 0.25) is 0 Å². The Bertz CT molecular complexity index is 1330. The molecule has 4 rings (SSSR count). The maximum Gasteiger partial charge on any atom is 0.325 e. The van der Waals surface area contributed by atoms with Crippen LogP contribution in [0.15, 0.2) is 79.0 Å². The summed E-state index contributed by atoms with van der Waals surface area (Å²) in [5.74, 6) is 1.10. The van der Waals surface area contributed by atoms with Crippen LogP contribution in [-0.2, 0) is 6.42 Å². The molecule has 6 nitrogen and oxygen atoms in total. The lowest BCUT2D eigenvalue weighted by Gasteiger charge is -2.30. The van der Waals surface area contributed by atoms with Crippen LogP contribution >= 0.6 is 23.2 Å². The van der Waals surface area contributed by atoms with Gasteiger partial charge in [0.15, 0.2) is 5.82 Å². The molecular formula is C28H28Cl2N4O2. The number of carbonyl (C=O) groups excluding carboxylic acids is 1. The molecule has 1 heterocycles. The maximum atomic E-state index is 13.5. The number of carbonyl (C=O) groups is 1. The topological polar surface area (TPSA) is 61.6 Å². The molecule has 0 fully saturated rings. The number of rotatable bonds is 7. The summed E-state index contributed by atoms with van der Waals surface area (Å²) in [5.41, 5.74) is 3.57. The summed E-state index contributed by atoms with van der Waals surface area (Å²) in [4.78, 5) is 21.6. The van der Waals surface area contributed by atoms with Crippen molar-refractivity contribution in [2.24, 2.45) is 0 Å². The van der Waals surface area contributed by atoms with Gasteiger partial charge in [0.05, 0.1) is 17.3 Å². The Balaban J connectivity index is 1.85. The van der Waals surface area contributed by atoms with Gasteiger partial charge in [0.25, 0.3) is 0 Å². The molecule has 4 aromatic rings. The first kappa shape index (κ1) is 25.8. The van der Waals surface area contributed by atoms with Crippen LogP contribution < -0.4 is 4.90 Å². The minimum Gasteiger partial charge on any atom is -0.396 e. The summed E-state index contributed by atoms with van der Waals surface area (Å²) in [6.45, 7) is 2.06. The van der Waals surface area contributed by atoms with Crippen molar-refractivity contribution in [2.45, 2.75) is 19.4 Å². The van der Waals surface area contributed by atoms with Crippen LogP contribution in [-0.4, -0.2) is 46.3 Å². The SMILES string of the molecule is CC(c1ccc(CCO)cc1)N(C(=O)N(C)C)c1cn(-c2ccc(Cl)cc2)c(-c2ccccc2Cl)n1. The third kappa shape index (κ3) is 5.41. The Morgan fingerprint density at radius 3 is 2.28 bits per heavy atom. The van der Waals surface area contributed by atoms with Crippen molar-refractivity contribution in [1.29, 1.82) is 0 Å². The monoisotopic (exact) mass is 522 g/mol. The van der Waals surface area contributed by atoms with Gasteiger partial charge in [0, 0.05) is 37.0 Å². The third-order valence-electron chi connectivity index (χ3n) is 6.00. The predicted octanol–water partition coefficient (Wildman–Crippen LogP) is 6.63. The van der Waals surface area contributed by atoms with E-state index in [0.717, 1.165) is 22.4 Å². The second kappa shape index (κ2) is 11.2. The largest absolute Gasteiger partial charge is 0.396 e. The van der Waals surface area contributed by atoms with Crippen LogP contribution in [0.1, 0.15) is 24.1 Å². The van der Waals surface area contributed by atoms with Crippen LogP contribution in [0.3, 0.4) is 0 Å². The summed E-state index contributed by atoms with van der Waals surface area (Å²) in [6.07, 6.45) is 2.43. The van der Waals surface area contributed by atoms with E-state index in [-0.39, 0.29) is 18.7 Å². The number of hydrogen-bond donors (Lipinski definition) is 1. The van der Waals surface area contributed by atoms with Crippen molar-refractivity contribution in [1.82, 2.24) is 14.5 Å². The fourth-order valence-electron chi connectivity index (χ4n) is 4.03. The van der Waals surface area contributed by atoms with Gasteiger partial charge < -0.3 is 10.0 Å². The minimum absolute atomic E-state index is 0.0904. The van der Waals surface area contributed by atoms with Gasteiger partial charge in [-0.3, -0.25) is 9.47 Å². The van der Waals surface area contributed by atoms with Gasteiger partial charge >= 0.3 is 6.03 Å². The molecule has 0 aliphatic carbocycles. The molecule has 0 aliphatic rings. The second-order valence-corrected chi connectivity index (χ2v) is 9.53. The van der Waals surface area contributed by atoms with Crippen molar-refractivity contribution in [2.75, 3.05) is 25.6 Å². The van der Waals surface area contributed by atoms with Crippen LogP contribution in [0.2, 0.25) is 10.0 Å². The van der Waals surface area contributed by atoms with Crippen molar-refractivity contribution >= 4 is 35.1 Å². The second-order valence-electron chi connectivity index (χ2n) is 8.69. The lowest BCUT2D eigenvalue weighted by molar-refractivity contribution is 0.221. The highest BCUT2D eigenvalue weighted by Crippen LogP contribution is 2.35. The first-order valence-corrected chi connectivity index (χ1v) is 12.4. The van der Waals surface area contributed by atoms with E-state index in [4.69, 9.17) is 28.2 Å². The van der Waals surface area contributed by atoms with E-state index in [0.29, 0.717) is 28.1 Å². The van der Waals surface area contributed by atoms with Crippen LogP contribution in [0.25, 0.3) is 17.1 Å². The molecular weight excluding hydrogens is 495 g/mol. The summed E-state index contributed by atoms with van der Waals surface area (Å²) in [5, 5.41) is 10.4. The normalized spacial score (nSPS) is 11.8. The summed E-state index contributed by atoms with van der Waals surface area (Å²) < 4.78 is 1.92. The molecule has 36 heavy (non-hydrogen) atoms. The number of benzene rings is 3. The van der Waals surface area contributed by atoms with E-state index in [9.17, 15) is 9.90 Å². The standard InChI is InChI=1S/C28H28Cl2N4O2/c1-19(21-10-8-20(9-11-21)16-17-35)34(28(36)32(2)3)26-18-33(23-14-12-22(29)13-15-23)27(31-26)24-6-4-5-7-25(24)30/h4-15,18-19,35H,16-17H2,1-3H3. The maximum absolute atomic E-state index is 13.5. The summed E-state index contributed by atoms with van der Waals surface area (Å²) >= 11 is 12.7. The first-order chi connectivity index (χ1) is 17.3. The molecule has 1 unspecified atom stereocenters. The van der Waals surface area contributed by atoms with Gasteiger partial charge in [-0.2, -0.15) is 0 Å². The molecule has 3 aromatic carbocycles. The molecule has 0 bridgehead atoms. The number of anilines is 1. The average molecular weight is 523 g/mol. The number of halogens is 2. The summed E-state index contributed by atoms with van der Waals surface area (Å²) in [6, 6.07) is 22.3. The number of hydrogen-bond acceptors (Lipinski definition) is 3. The Morgan fingerprint density at radius 2 is 1.67 bits per heavy atom. The zero-order valence-electron chi connectivity index (χ0n) is 20.4. The molecule has 0 saturated carbocycles. The lowest BCUT2D eigenvalue weighted by atomic mass is 10.0.